The first-order valence-electron chi connectivity index (χ1n) is 8.94. The molecule has 2 aliphatic rings. The molecule has 0 radical (unpaired) electrons. The van der Waals surface area contributed by atoms with Crippen LogP contribution in [-0.2, 0) is 4.74 Å². The summed E-state index contributed by atoms with van der Waals surface area (Å²) in [4.78, 5) is 2.29. The van der Waals surface area contributed by atoms with Crippen molar-refractivity contribution in [1.82, 2.24) is 4.90 Å². The largest absolute Gasteiger partial charge is 0.382 e. The zero-order valence-corrected chi connectivity index (χ0v) is 14.2. The van der Waals surface area contributed by atoms with Gasteiger partial charge in [-0.1, -0.05) is 51.4 Å². The second-order valence-electron chi connectivity index (χ2n) is 6.88. The molecule has 0 aliphatic heterocycles. The Balaban J connectivity index is 0.000000200. The summed E-state index contributed by atoms with van der Waals surface area (Å²) in [6.45, 7) is 5.22. The van der Waals surface area contributed by atoms with E-state index in [1.165, 1.54) is 70.8 Å². The molecule has 0 bridgehead atoms. The zero-order valence-electron chi connectivity index (χ0n) is 14.2. The summed E-state index contributed by atoms with van der Waals surface area (Å²) in [5, 5.41) is 0. The second kappa shape index (κ2) is 11.6. The Labute approximate surface area is 127 Å². The Kier molecular flexibility index (Phi) is 10.4. The standard InChI is InChI=1S/C9H19N.C9H18O/c1-10(2)8-7-9-5-3-4-6-9;1-2-10-8-7-9-5-3-4-6-9/h9H,3-8H2,1-2H3;9H,2-8H2,1H3. The Bertz CT molecular complexity index is 205. The van der Waals surface area contributed by atoms with E-state index in [2.05, 4.69) is 25.9 Å². The van der Waals surface area contributed by atoms with Gasteiger partial charge in [-0.05, 0) is 52.2 Å². The van der Waals surface area contributed by atoms with Crippen molar-refractivity contribution in [1.29, 1.82) is 0 Å². The molecule has 0 saturated heterocycles. The van der Waals surface area contributed by atoms with E-state index in [0.717, 1.165) is 25.0 Å². The quantitative estimate of drug-likeness (QED) is 0.626. The van der Waals surface area contributed by atoms with Gasteiger partial charge in [-0.2, -0.15) is 0 Å². The first-order chi connectivity index (χ1) is 9.72. The van der Waals surface area contributed by atoms with Gasteiger partial charge >= 0.3 is 0 Å². The fraction of sp³-hybridized carbons (Fsp3) is 1.00. The molecule has 2 saturated carbocycles. The van der Waals surface area contributed by atoms with E-state index in [9.17, 15) is 0 Å². The highest BCUT2D eigenvalue weighted by Gasteiger charge is 2.14. The summed E-state index contributed by atoms with van der Waals surface area (Å²) in [5.41, 5.74) is 0. The molecule has 2 fully saturated rings. The molecule has 0 heterocycles. The van der Waals surface area contributed by atoms with Gasteiger partial charge in [0.2, 0.25) is 0 Å². The van der Waals surface area contributed by atoms with Crippen molar-refractivity contribution in [3.8, 4) is 0 Å². The van der Waals surface area contributed by atoms with Crippen molar-refractivity contribution in [2.24, 2.45) is 11.8 Å². The van der Waals surface area contributed by atoms with E-state index in [1.54, 1.807) is 0 Å². The van der Waals surface area contributed by atoms with Crippen LogP contribution in [0, 0.1) is 11.8 Å². The van der Waals surface area contributed by atoms with Gasteiger partial charge in [-0.3, -0.25) is 0 Å². The summed E-state index contributed by atoms with van der Waals surface area (Å²) in [6, 6.07) is 0. The molecule has 0 aromatic rings. The van der Waals surface area contributed by atoms with Gasteiger partial charge < -0.3 is 9.64 Å². The van der Waals surface area contributed by atoms with Crippen molar-refractivity contribution >= 4 is 0 Å². The molecule has 0 amide bonds. The van der Waals surface area contributed by atoms with E-state index in [1.807, 2.05) is 0 Å². The lowest BCUT2D eigenvalue weighted by Crippen LogP contribution is -2.15. The van der Waals surface area contributed by atoms with Crippen molar-refractivity contribution < 1.29 is 4.74 Å². The highest BCUT2D eigenvalue weighted by Crippen LogP contribution is 2.27. The van der Waals surface area contributed by atoms with Gasteiger partial charge in [0.15, 0.2) is 0 Å². The van der Waals surface area contributed by atoms with Crippen molar-refractivity contribution in [2.45, 2.75) is 71.1 Å². The van der Waals surface area contributed by atoms with Gasteiger partial charge in [-0.15, -0.1) is 0 Å². The van der Waals surface area contributed by atoms with Crippen LogP contribution in [0.1, 0.15) is 71.1 Å². The summed E-state index contributed by atoms with van der Waals surface area (Å²) < 4.78 is 5.30. The molecular formula is C18H37NO. The normalized spacial score (nSPS) is 20.4. The van der Waals surface area contributed by atoms with Crippen LogP contribution in [0.25, 0.3) is 0 Å². The molecule has 20 heavy (non-hydrogen) atoms. The number of hydrogen-bond acceptors (Lipinski definition) is 2. The second-order valence-corrected chi connectivity index (χ2v) is 6.88. The monoisotopic (exact) mass is 283 g/mol. The van der Waals surface area contributed by atoms with Gasteiger partial charge in [0, 0.05) is 13.2 Å². The summed E-state index contributed by atoms with van der Waals surface area (Å²) in [5.74, 6) is 2.05. The van der Waals surface area contributed by atoms with Crippen LogP contribution >= 0.6 is 0 Å². The van der Waals surface area contributed by atoms with Crippen molar-refractivity contribution in [3.05, 3.63) is 0 Å². The van der Waals surface area contributed by atoms with Crippen LogP contribution in [0.2, 0.25) is 0 Å². The average Bonchev–Trinajstić information content (AvgIpc) is 3.11. The van der Waals surface area contributed by atoms with Crippen LogP contribution in [0.15, 0.2) is 0 Å². The molecule has 0 aromatic carbocycles. The van der Waals surface area contributed by atoms with Crippen molar-refractivity contribution in [2.75, 3.05) is 33.9 Å². The van der Waals surface area contributed by atoms with Gasteiger partial charge in [-0.25, -0.2) is 0 Å². The minimum Gasteiger partial charge on any atom is -0.382 e. The molecule has 0 N–H and O–H groups in total. The fourth-order valence-corrected chi connectivity index (χ4v) is 3.43. The average molecular weight is 284 g/mol. The summed E-state index contributed by atoms with van der Waals surface area (Å²) in [7, 11) is 4.32. The SMILES string of the molecule is CCOCCC1CCCC1.CN(C)CCC1CCCC1. The predicted molar refractivity (Wildman–Crippen MR) is 88.2 cm³/mol. The number of nitrogens with zero attached hydrogens (tertiary/aromatic N) is 1. The van der Waals surface area contributed by atoms with Gasteiger partial charge in [0.1, 0.15) is 0 Å². The summed E-state index contributed by atoms with van der Waals surface area (Å²) in [6.07, 6.45) is 14.5. The molecule has 2 rings (SSSR count). The summed E-state index contributed by atoms with van der Waals surface area (Å²) >= 11 is 0. The van der Waals surface area contributed by atoms with Crippen molar-refractivity contribution in [3.63, 3.8) is 0 Å². The van der Waals surface area contributed by atoms with E-state index in [-0.39, 0.29) is 0 Å². The highest BCUT2D eigenvalue weighted by atomic mass is 16.5. The minimum atomic E-state index is 0.882. The third-order valence-electron chi connectivity index (χ3n) is 4.81. The van der Waals surface area contributed by atoms with E-state index >= 15 is 0 Å². The Hall–Kier alpha value is -0.0800. The van der Waals surface area contributed by atoms with E-state index < -0.39 is 0 Å². The van der Waals surface area contributed by atoms with Gasteiger partial charge in [0.25, 0.3) is 0 Å². The Morgan fingerprint density at radius 3 is 1.80 bits per heavy atom. The lowest BCUT2D eigenvalue weighted by Gasteiger charge is -2.12. The maximum absolute atomic E-state index is 5.30. The first-order valence-corrected chi connectivity index (χ1v) is 8.94. The fourth-order valence-electron chi connectivity index (χ4n) is 3.43. The lowest BCUT2D eigenvalue weighted by atomic mass is 10.0. The molecule has 0 spiro atoms. The molecule has 0 aromatic heterocycles. The lowest BCUT2D eigenvalue weighted by molar-refractivity contribution is 0.132. The number of ether oxygens (including phenoxy) is 1. The van der Waals surface area contributed by atoms with Gasteiger partial charge in [0.05, 0.1) is 0 Å². The third kappa shape index (κ3) is 8.97. The molecule has 2 heteroatoms. The topological polar surface area (TPSA) is 12.5 Å². The molecule has 120 valence electrons. The third-order valence-corrected chi connectivity index (χ3v) is 4.81. The first kappa shape index (κ1) is 18.0. The zero-order chi connectivity index (χ0) is 14.6. The van der Waals surface area contributed by atoms with E-state index in [0.29, 0.717) is 0 Å². The van der Waals surface area contributed by atoms with Crippen LogP contribution in [0.5, 0.6) is 0 Å². The maximum Gasteiger partial charge on any atom is 0.0468 e. The Morgan fingerprint density at radius 1 is 0.850 bits per heavy atom. The molecule has 2 nitrogen and oxygen atoms in total. The van der Waals surface area contributed by atoms with Crippen LogP contribution in [0.4, 0.5) is 0 Å². The van der Waals surface area contributed by atoms with Crippen LogP contribution in [-0.4, -0.2) is 38.8 Å². The molecule has 0 atom stereocenters. The smallest absolute Gasteiger partial charge is 0.0468 e. The van der Waals surface area contributed by atoms with E-state index in [4.69, 9.17) is 4.74 Å². The molecule has 0 unspecified atom stereocenters. The number of rotatable bonds is 7. The predicted octanol–water partition coefficient (Wildman–Crippen LogP) is 4.73. The highest BCUT2D eigenvalue weighted by molar-refractivity contribution is 4.68. The molecular weight excluding hydrogens is 246 g/mol. The number of hydrogen-bond donors (Lipinski definition) is 0. The molecule has 2 aliphatic carbocycles. The maximum atomic E-state index is 5.30. The van der Waals surface area contributed by atoms with Crippen LogP contribution < -0.4 is 0 Å². The minimum absolute atomic E-state index is 0.882. The Morgan fingerprint density at radius 2 is 1.35 bits per heavy atom. The van der Waals surface area contributed by atoms with Crippen LogP contribution in [0.3, 0.4) is 0 Å².